The van der Waals surface area contributed by atoms with Crippen molar-refractivity contribution in [2.24, 2.45) is 0 Å². The van der Waals surface area contributed by atoms with Gasteiger partial charge in [0.05, 0.1) is 0 Å². The Morgan fingerprint density at radius 3 is 2.21 bits per heavy atom. The molecular formula is C14H20N2O3. The number of anilines is 1. The molecule has 5 heteroatoms. The largest absolute Gasteiger partial charge is 0.480 e. The first kappa shape index (κ1) is 15.0. The first-order chi connectivity index (χ1) is 8.93. The van der Waals surface area contributed by atoms with Crippen LogP contribution in [0, 0.1) is 0 Å². The average Bonchev–Trinajstić information content (AvgIpc) is 2.36. The molecule has 0 aliphatic carbocycles. The van der Waals surface area contributed by atoms with Crippen molar-refractivity contribution in [3.63, 3.8) is 0 Å². The van der Waals surface area contributed by atoms with Crippen molar-refractivity contribution < 1.29 is 14.7 Å². The third kappa shape index (κ3) is 4.62. The van der Waals surface area contributed by atoms with E-state index in [2.05, 4.69) is 24.5 Å². The molecule has 0 aliphatic rings. The molecule has 1 rings (SSSR count). The molecule has 0 radical (unpaired) electrons. The van der Waals surface area contributed by atoms with Gasteiger partial charge in [0, 0.05) is 5.69 Å². The zero-order valence-corrected chi connectivity index (χ0v) is 11.4. The highest BCUT2D eigenvalue weighted by Crippen LogP contribution is 2.16. The van der Waals surface area contributed by atoms with Crippen LogP contribution < -0.4 is 10.6 Å². The highest BCUT2D eigenvalue weighted by Gasteiger charge is 2.17. The monoisotopic (exact) mass is 264 g/mol. The van der Waals surface area contributed by atoms with Crippen molar-refractivity contribution in [2.75, 3.05) is 5.32 Å². The Morgan fingerprint density at radius 1 is 1.21 bits per heavy atom. The van der Waals surface area contributed by atoms with E-state index in [1.54, 1.807) is 19.1 Å². The van der Waals surface area contributed by atoms with Gasteiger partial charge in [-0.05, 0) is 30.0 Å². The lowest BCUT2D eigenvalue weighted by Crippen LogP contribution is -2.42. The lowest BCUT2D eigenvalue weighted by Gasteiger charge is -2.13. The number of carboxylic acids is 1. The molecule has 0 spiro atoms. The van der Waals surface area contributed by atoms with Gasteiger partial charge < -0.3 is 15.7 Å². The number of benzene rings is 1. The Balaban J connectivity index is 2.59. The normalized spacial score (nSPS) is 12.0. The number of carbonyl (C=O) groups is 2. The van der Waals surface area contributed by atoms with E-state index >= 15 is 0 Å². The van der Waals surface area contributed by atoms with Crippen molar-refractivity contribution in [3.8, 4) is 0 Å². The van der Waals surface area contributed by atoms with Crippen LogP contribution in [0.1, 0.15) is 38.7 Å². The van der Waals surface area contributed by atoms with Gasteiger partial charge in [-0.3, -0.25) is 0 Å². The van der Waals surface area contributed by atoms with Crippen LogP contribution in [0.15, 0.2) is 24.3 Å². The van der Waals surface area contributed by atoms with Crippen molar-refractivity contribution in [1.82, 2.24) is 5.32 Å². The molecule has 0 saturated carbocycles. The van der Waals surface area contributed by atoms with E-state index in [1.165, 1.54) is 5.56 Å². The van der Waals surface area contributed by atoms with Crippen LogP contribution in [0.4, 0.5) is 10.5 Å². The fraction of sp³-hybridized carbons (Fsp3) is 0.429. The predicted octanol–water partition coefficient (Wildman–Crippen LogP) is 2.79. The maximum Gasteiger partial charge on any atom is 0.326 e. The van der Waals surface area contributed by atoms with Crippen LogP contribution in [0.2, 0.25) is 0 Å². The topological polar surface area (TPSA) is 78.4 Å². The van der Waals surface area contributed by atoms with E-state index in [0.717, 1.165) is 0 Å². The van der Waals surface area contributed by atoms with E-state index in [0.29, 0.717) is 18.0 Å². The SMILES string of the molecule is CC[C@@H](NC(=O)Nc1ccc(C(C)C)cc1)C(=O)O. The smallest absolute Gasteiger partial charge is 0.326 e. The Kier molecular flexibility index (Phi) is 5.36. The number of carboxylic acid groups (broad SMARTS) is 1. The number of aliphatic carboxylic acids is 1. The van der Waals surface area contributed by atoms with Crippen LogP contribution in [-0.2, 0) is 4.79 Å². The quantitative estimate of drug-likeness (QED) is 0.765. The van der Waals surface area contributed by atoms with E-state index in [9.17, 15) is 9.59 Å². The minimum absolute atomic E-state index is 0.342. The second-order valence-electron chi connectivity index (χ2n) is 4.67. The Morgan fingerprint density at radius 2 is 1.79 bits per heavy atom. The van der Waals surface area contributed by atoms with E-state index in [-0.39, 0.29) is 0 Å². The highest BCUT2D eigenvalue weighted by molar-refractivity contribution is 5.92. The molecule has 1 aromatic rings. The van der Waals surface area contributed by atoms with Gasteiger partial charge in [-0.2, -0.15) is 0 Å². The molecule has 0 aromatic heterocycles. The first-order valence-corrected chi connectivity index (χ1v) is 6.34. The van der Waals surface area contributed by atoms with Crippen LogP contribution in [0.5, 0.6) is 0 Å². The summed E-state index contributed by atoms with van der Waals surface area (Å²) in [5.41, 5.74) is 1.82. The number of hydrogen-bond donors (Lipinski definition) is 3. The number of amides is 2. The van der Waals surface area contributed by atoms with Gasteiger partial charge in [0.2, 0.25) is 0 Å². The summed E-state index contributed by atoms with van der Waals surface area (Å²) < 4.78 is 0. The number of carbonyl (C=O) groups excluding carboxylic acids is 1. The third-order valence-corrected chi connectivity index (χ3v) is 2.85. The molecule has 19 heavy (non-hydrogen) atoms. The Bertz CT molecular complexity index is 441. The summed E-state index contributed by atoms with van der Waals surface area (Å²) in [6.45, 7) is 5.89. The van der Waals surface area contributed by atoms with Gasteiger partial charge in [-0.1, -0.05) is 32.9 Å². The molecule has 0 heterocycles. The second kappa shape index (κ2) is 6.78. The fourth-order valence-corrected chi connectivity index (χ4v) is 1.62. The average molecular weight is 264 g/mol. The van der Waals surface area contributed by atoms with Gasteiger partial charge in [0.25, 0.3) is 0 Å². The Labute approximate surface area is 113 Å². The van der Waals surface area contributed by atoms with Crippen LogP contribution in [0.3, 0.4) is 0 Å². The summed E-state index contributed by atoms with van der Waals surface area (Å²) in [5, 5.41) is 13.9. The van der Waals surface area contributed by atoms with Crippen LogP contribution >= 0.6 is 0 Å². The summed E-state index contributed by atoms with van der Waals surface area (Å²) in [4.78, 5) is 22.4. The number of urea groups is 1. The van der Waals surface area contributed by atoms with E-state index in [4.69, 9.17) is 5.11 Å². The number of rotatable bonds is 5. The molecule has 0 fully saturated rings. The Hall–Kier alpha value is -2.04. The summed E-state index contributed by atoms with van der Waals surface area (Å²) in [5.74, 6) is -0.604. The highest BCUT2D eigenvalue weighted by atomic mass is 16.4. The minimum atomic E-state index is -1.03. The fourth-order valence-electron chi connectivity index (χ4n) is 1.62. The minimum Gasteiger partial charge on any atom is -0.480 e. The van der Waals surface area contributed by atoms with Crippen molar-refractivity contribution in [2.45, 2.75) is 39.2 Å². The molecule has 0 bridgehead atoms. The van der Waals surface area contributed by atoms with Crippen molar-refractivity contribution in [1.29, 1.82) is 0 Å². The van der Waals surface area contributed by atoms with Gasteiger partial charge in [-0.25, -0.2) is 9.59 Å². The molecule has 2 amide bonds. The van der Waals surface area contributed by atoms with E-state index < -0.39 is 18.0 Å². The van der Waals surface area contributed by atoms with Crippen LogP contribution in [0.25, 0.3) is 0 Å². The number of nitrogens with one attached hydrogen (secondary N) is 2. The maximum absolute atomic E-state index is 11.6. The second-order valence-corrected chi connectivity index (χ2v) is 4.67. The van der Waals surface area contributed by atoms with Gasteiger partial charge in [0.15, 0.2) is 0 Å². The summed E-state index contributed by atoms with van der Waals surface area (Å²) in [7, 11) is 0. The standard InChI is InChI=1S/C14H20N2O3/c1-4-12(13(17)18)16-14(19)15-11-7-5-10(6-8-11)9(2)3/h5-9,12H,4H2,1-3H3,(H,17,18)(H2,15,16,19)/t12-/m1/s1. The molecular weight excluding hydrogens is 244 g/mol. The lowest BCUT2D eigenvalue weighted by atomic mass is 10.0. The maximum atomic E-state index is 11.6. The zero-order chi connectivity index (χ0) is 14.4. The molecule has 0 unspecified atom stereocenters. The molecule has 1 atom stereocenters. The first-order valence-electron chi connectivity index (χ1n) is 6.34. The van der Waals surface area contributed by atoms with Crippen molar-refractivity contribution >= 4 is 17.7 Å². The lowest BCUT2D eigenvalue weighted by molar-refractivity contribution is -0.139. The van der Waals surface area contributed by atoms with E-state index in [1.807, 2.05) is 12.1 Å². The summed E-state index contributed by atoms with van der Waals surface area (Å²) in [6, 6.07) is 6.11. The third-order valence-electron chi connectivity index (χ3n) is 2.85. The van der Waals surface area contributed by atoms with Gasteiger partial charge in [0.1, 0.15) is 6.04 Å². The molecule has 1 aromatic carbocycles. The van der Waals surface area contributed by atoms with Gasteiger partial charge in [-0.15, -0.1) is 0 Å². The van der Waals surface area contributed by atoms with Gasteiger partial charge >= 0.3 is 12.0 Å². The molecule has 104 valence electrons. The van der Waals surface area contributed by atoms with Crippen LogP contribution in [-0.4, -0.2) is 23.1 Å². The number of hydrogen-bond acceptors (Lipinski definition) is 2. The molecule has 3 N–H and O–H groups in total. The summed E-state index contributed by atoms with van der Waals surface area (Å²) >= 11 is 0. The predicted molar refractivity (Wildman–Crippen MR) is 74.4 cm³/mol. The summed E-state index contributed by atoms with van der Waals surface area (Å²) in [6.07, 6.45) is 0.342. The molecule has 0 saturated heterocycles. The zero-order valence-electron chi connectivity index (χ0n) is 11.4. The molecule has 5 nitrogen and oxygen atoms in total. The molecule has 0 aliphatic heterocycles. The van der Waals surface area contributed by atoms with Crippen molar-refractivity contribution in [3.05, 3.63) is 29.8 Å².